The third-order valence-corrected chi connectivity index (χ3v) is 6.69. The fourth-order valence-corrected chi connectivity index (χ4v) is 4.91. The van der Waals surface area contributed by atoms with Crippen LogP contribution in [0.2, 0.25) is 0 Å². The van der Waals surface area contributed by atoms with E-state index in [0.717, 1.165) is 37.3 Å². The number of aryl methyl sites for hydroxylation is 2. The summed E-state index contributed by atoms with van der Waals surface area (Å²) in [5, 5.41) is 14.7. The van der Waals surface area contributed by atoms with Gasteiger partial charge in [0.15, 0.2) is 0 Å². The summed E-state index contributed by atoms with van der Waals surface area (Å²) in [5.74, 6) is 0.697. The third-order valence-electron chi connectivity index (χ3n) is 6.69. The fraction of sp³-hybridized carbons (Fsp3) is 0.545. The zero-order valence-corrected chi connectivity index (χ0v) is 19.2. The van der Waals surface area contributed by atoms with Gasteiger partial charge in [-0.15, -0.1) is 0 Å². The molecule has 1 spiro atoms. The molecule has 32 heavy (non-hydrogen) atoms. The molecule has 4 heterocycles. The van der Waals surface area contributed by atoms with E-state index in [0.29, 0.717) is 11.4 Å². The minimum absolute atomic E-state index is 0.0208. The van der Waals surface area contributed by atoms with Crippen LogP contribution in [0.4, 0.5) is 10.6 Å². The van der Waals surface area contributed by atoms with Gasteiger partial charge in [0.05, 0.1) is 11.9 Å². The first-order valence-corrected chi connectivity index (χ1v) is 10.9. The second-order valence-corrected chi connectivity index (χ2v) is 10.4. The van der Waals surface area contributed by atoms with Crippen LogP contribution in [0.5, 0.6) is 0 Å². The van der Waals surface area contributed by atoms with E-state index in [1.165, 1.54) is 0 Å². The first-order valence-electron chi connectivity index (χ1n) is 10.9. The Balaban J connectivity index is 1.12. The lowest BCUT2D eigenvalue weighted by Gasteiger charge is -2.58. The molecule has 5 rings (SSSR count). The number of carbonyl (C=O) groups is 2. The molecule has 0 unspecified atom stereocenters. The molecule has 3 amide bonds. The van der Waals surface area contributed by atoms with Gasteiger partial charge in [0, 0.05) is 62.5 Å². The number of rotatable bonds is 3. The Morgan fingerprint density at radius 1 is 1.16 bits per heavy atom. The van der Waals surface area contributed by atoms with Crippen LogP contribution in [0.1, 0.15) is 49.7 Å². The molecule has 3 aromatic rings. The van der Waals surface area contributed by atoms with Crippen molar-refractivity contribution in [2.75, 3.05) is 18.4 Å². The molecule has 1 saturated heterocycles. The van der Waals surface area contributed by atoms with Crippen LogP contribution >= 0.6 is 0 Å². The van der Waals surface area contributed by atoms with E-state index in [2.05, 4.69) is 41.6 Å². The summed E-state index contributed by atoms with van der Waals surface area (Å²) in [6.07, 6.45) is 7.14. The Kier molecular flexibility index (Phi) is 4.41. The first-order chi connectivity index (χ1) is 15.0. The van der Waals surface area contributed by atoms with Gasteiger partial charge in [0.2, 0.25) is 0 Å². The molecule has 2 N–H and O–H groups in total. The maximum atomic E-state index is 12.9. The van der Waals surface area contributed by atoms with E-state index in [4.69, 9.17) is 0 Å². The predicted octanol–water partition coefficient (Wildman–Crippen LogP) is 2.13. The van der Waals surface area contributed by atoms with Gasteiger partial charge < -0.3 is 14.8 Å². The maximum absolute atomic E-state index is 12.9. The summed E-state index contributed by atoms with van der Waals surface area (Å²) >= 11 is 0. The van der Waals surface area contributed by atoms with Gasteiger partial charge in [-0.2, -0.15) is 10.2 Å². The lowest BCUT2D eigenvalue weighted by Crippen LogP contribution is -2.67. The molecule has 1 aliphatic carbocycles. The van der Waals surface area contributed by atoms with Crippen molar-refractivity contribution in [3.05, 3.63) is 35.9 Å². The summed E-state index contributed by atoms with van der Waals surface area (Å²) in [5.41, 5.74) is 2.42. The lowest BCUT2D eigenvalue weighted by atomic mass is 9.60. The van der Waals surface area contributed by atoms with Crippen LogP contribution in [0.25, 0.3) is 5.65 Å². The van der Waals surface area contributed by atoms with Crippen molar-refractivity contribution >= 4 is 23.4 Å². The highest BCUT2D eigenvalue weighted by atomic mass is 16.2. The lowest BCUT2D eigenvalue weighted by molar-refractivity contribution is -0.0582. The van der Waals surface area contributed by atoms with Crippen molar-refractivity contribution < 1.29 is 9.59 Å². The van der Waals surface area contributed by atoms with Crippen molar-refractivity contribution in [2.45, 2.75) is 45.1 Å². The van der Waals surface area contributed by atoms with Crippen molar-refractivity contribution in [3.63, 3.8) is 0 Å². The summed E-state index contributed by atoms with van der Waals surface area (Å²) in [6.45, 7) is 7.73. The van der Waals surface area contributed by atoms with Crippen molar-refractivity contribution in [1.29, 1.82) is 0 Å². The number of nitrogens with zero attached hydrogens (tertiary/aromatic N) is 6. The van der Waals surface area contributed by atoms with Crippen molar-refractivity contribution in [3.8, 4) is 0 Å². The van der Waals surface area contributed by atoms with E-state index in [-0.39, 0.29) is 28.8 Å². The van der Waals surface area contributed by atoms with Gasteiger partial charge in [-0.25, -0.2) is 9.31 Å². The fourth-order valence-electron chi connectivity index (χ4n) is 4.91. The van der Waals surface area contributed by atoms with E-state index >= 15 is 0 Å². The number of imidazole rings is 1. The molecule has 1 aliphatic heterocycles. The maximum Gasteiger partial charge on any atom is 0.320 e. The average molecular weight is 439 g/mol. The van der Waals surface area contributed by atoms with Crippen LogP contribution in [0.3, 0.4) is 0 Å². The van der Waals surface area contributed by atoms with Crippen LogP contribution < -0.4 is 10.6 Å². The first kappa shape index (κ1) is 20.6. The molecule has 1 saturated carbocycles. The Bertz CT molecular complexity index is 1200. The molecular formula is C22H30N8O2. The van der Waals surface area contributed by atoms with Gasteiger partial charge in [-0.05, 0) is 12.8 Å². The van der Waals surface area contributed by atoms with E-state index in [1.54, 1.807) is 15.4 Å². The number of likely N-dealkylation sites (tertiary alicyclic amines) is 1. The van der Waals surface area contributed by atoms with Crippen LogP contribution in [-0.2, 0) is 19.5 Å². The highest BCUT2D eigenvalue weighted by molar-refractivity contribution is 6.00. The zero-order chi connectivity index (χ0) is 22.8. The second-order valence-electron chi connectivity index (χ2n) is 10.4. The van der Waals surface area contributed by atoms with Crippen LogP contribution in [0.15, 0.2) is 24.7 Å². The number of carbonyl (C=O) groups excluding carboxylic acids is 2. The Labute approximate surface area is 186 Å². The largest absolute Gasteiger partial charge is 0.337 e. The average Bonchev–Trinajstić information content (AvgIpc) is 3.32. The third kappa shape index (κ3) is 3.34. The minimum atomic E-state index is -0.216. The topological polar surface area (TPSA) is 101 Å². The molecule has 0 bridgehead atoms. The normalized spacial score (nSPS) is 18.0. The molecule has 10 heteroatoms. The predicted molar refractivity (Wildman–Crippen MR) is 120 cm³/mol. The number of amides is 3. The van der Waals surface area contributed by atoms with Gasteiger partial charge in [0.25, 0.3) is 5.91 Å². The monoisotopic (exact) mass is 438 g/mol. The van der Waals surface area contributed by atoms with E-state index < -0.39 is 0 Å². The standard InChI is InChI=1S/C22H30N8O2/c1-21(2,3)16-8-17(28(5)26-16)25-20(32)24-14-9-22(10-14)12-29(13-22)19(31)15-11-23-30-7-6-27(4)18(15)30/h6-8,11,14H,9-10,12-13H2,1-5H3,(H2,24,25,32). The zero-order valence-electron chi connectivity index (χ0n) is 19.2. The molecule has 170 valence electrons. The number of hydrogen-bond acceptors (Lipinski definition) is 4. The molecule has 0 aromatic carbocycles. The van der Waals surface area contributed by atoms with Gasteiger partial charge in [-0.3, -0.25) is 14.8 Å². The molecular weight excluding hydrogens is 408 g/mol. The van der Waals surface area contributed by atoms with Crippen molar-refractivity contribution in [1.82, 2.24) is 34.2 Å². The molecule has 0 atom stereocenters. The highest BCUT2D eigenvalue weighted by Gasteiger charge is 2.54. The smallest absolute Gasteiger partial charge is 0.320 e. The number of hydrogen-bond donors (Lipinski definition) is 2. The number of nitrogens with one attached hydrogen (secondary N) is 2. The van der Waals surface area contributed by atoms with Crippen LogP contribution in [-0.4, -0.2) is 59.9 Å². The number of aromatic nitrogens is 5. The van der Waals surface area contributed by atoms with E-state index in [9.17, 15) is 9.59 Å². The summed E-state index contributed by atoms with van der Waals surface area (Å²) in [7, 11) is 3.74. The minimum Gasteiger partial charge on any atom is -0.337 e. The number of urea groups is 1. The van der Waals surface area contributed by atoms with Crippen LogP contribution in [0, 0.1) is 5.41 Å². The van der Waals surface area contributed by atoms with Gasteiger partial charge >= 0.3 is 6.03 Å². The second kappa shape index (κ2) is 6.85. The quantitative estimate of drug-likeness (QED) is 0.654. The Morgan fingerprint density at radius 3 is 2.53 bits per heavy atom. The summed E-state index contributed by atoms with van der Waals surface area (Å²) < 4.78 is 5.32. The molecule has 2 fully saturated rings. The summed E-state index contributed by atoms with van der Waals surface area (Å²) in [6, 6.07) is 1.82. The SMILES string of the molecule is Cn1nc(C(C)(C)C)cc1NC(=O)NC1CC2(C1)CN(C(=O)c1cnn3ccn(C)c13)C2. The molecule has 10 nitrogen and oxygen atoms in total. The van der Waals surface area contributed by atoms with Gasteiger partial charge in [0.1, 0.15) is 17.0 Å². The van der Waals surface area contributed by atoms with Gasteiger partial charge in [-0.1, -0.05) is 20.8 Å². The molecule has 3 aromatic heterocycles. The summed E-state index contributed by atoms with van der Waals surface area (Å²) in [4.78, 5) is 27.3. The van der Waals surface area contributed by atoms with Crippen molar-refractivity contribution in [2.24, 2.45) is 19.5 Å². The van der Waals surface area contributed by atoms with E-state index in [1.807, 2.05) is 42.0 Å². The molecule has 2 aliphatic rings. The molecule has 0 radical (unpaired) electrons. The highest BCUT2D eigenvalue weighted by Crippen LogP contribution is 2.48. The number of anilines is 1. The Hall–Kier alpha value is -3.30. The number of fused-ring (bicyclic) bond motifs is 1. The Morgan fingerprint density at radius 2 is 1.88 bits per heavy atom.